The van der Waals surface area contributed by atoms with Crippen LogP contribution >= 0.6 is 0 Å². The van der Waals surface area contributed by atoms with E-state index in [1.165, 1.54) is 0 Å². The molecule has 0 aromatic rings. The zero-order chi connectivity index (χ0) is 9.73. The van der Waals surface area contributed by atoms with Crippen molar-refractivity contribution in [2.75, 3.05) is 19.8 Å². The Hall–Kier alpha value is -0.120. The monoisotopic (exact) mass is 187 g/mol. The molecule has 0 bridgehead atoms. The number of aliphatic hydroxyl groups excluding tert-OH is 1. The van der Waals surface area contributed by atoms with Crippen molar-refractivity contribution in [1.29, 1.82) is 0 Å². The second kappa shape index (κ2) is 4.94. The number of hydrogen-bond donors (Lipinski definition) is 2. The van der Waals surface area contributed by atoms with Gasteiger partial charge in [0.1, 0.15) is 0 Å². The molecular formula is C10H21NO2. The van der Waals surface area contributed by atoms with Crippen LogP contribution in [0.4, 0.5) is 0 Å². The SMILES string of the molecule is CCCC(C)(CO)NC1CCOC1. The summed E-state index contributed by atoms with van der Waals surface area (Å²) in [5.74, 6) is 0. The number of aliphatic hydroxyl groups is 1. The number of rotatable bonds is 5. The molecule has 1 heterocycles. The fourth-order valence-corrected chi connectivity index (χ4v) is 1.89. The maximum absolute atomic E-state index is 9.27. The second-order valence-electron chi connectivity index (χ2n) is 4.17. The first-order chi connectivity index (χ1) is 6.20. The van der Waals surface area contributed by atoms with Gasteiger partial charge in [0.15, 0.2) is 0 Å². The maximum atomic E-state index is 9.27. The number of ether oxygens (including phenoxy) is 1. The Kier molecular flexibility index (Phi) is 4.16. The Balaban J connectivity index is 2.36. The lowest BCUT2D eigenvalue weighted by Gasteiger charge is -2.31. The molecule has 78 valence electrons. The molecule has 0 aromatic heterocycles. The molecule has 0 aliphatic carbocycles. The highest BCUT2D eigenvalue weighted by Gasteiger charge is 2.27. The minimum absolute atomic E-state index is 0.118. The van der Waals surface area contributed by atoms with Crippen LogP contribution in [0.3, 0.4) is 0 Å². The molecule has 0 amide bonds. The molecule has 0 spiro atoms. The van der Waals surface area contributed by atoms with Crippen LogP contribution in [0.25, 0.3) is 0 Å². The minimum atomic E-state index is -0.118. The van der Waals surface area contributed by atoms with Crippen molar-refractivity contribution in [1.82, 2.24) is 5.32 Å². The van der Waals surface area contributed by atoms with Gasteiger partial charge in [-0.15, -0.1) is 0 Å². The molecule has 3 heteroatoms. The van der Waals surface area contributed by atoms with Crippen LogP contribution in [0.15, 0.2) is 0 Å². The predicted molar refractivity (Wildman–Crippen MR) is 52.8 cm³/mol. The maximum Gasteiger partial charge on any atom is 0.0620 e. The second-order valence-corrected chi connectivity index (χ2v) is 4.17. The molecule has 0 aromatic carbocycles. The van der Waals surface area contributed by atoms with Gasteiger partial charge in [-0.2, -0.15) is 0 Å². The third kappa shape index (κ3) is 3.25. The molecule has 0 saturated carbocycles. The van der Waals surface area contributed by atoms with Crippen LogP contribution < -0.4 is 5.32 Å². The molecule has 1 aliphatic rings. The van der Waals surface area contributed by atoms with Crippen molar-refractivity contribution >= 4 is 0 Å². The van der Waals surface area contributed by atoms with Crippen LogP contribution in [0.5, 0.6) is 0 Å². The highest BCUT2D eigenvalue weighted by atomic mass is 16.5. The van der Waals surface area contributed by atoms with E-state index in [0.717, 1.165) is 32.5 Å². The Morgan fingerprint density at radius 2 is 2.38 bits per heavy atom. The number of hydrogen-bond acceptors (Lipinski definition) is 3. The summed E-state index contributed by atoms with van der Waals surface area (Å²) in [6.45, 7) is 6.07. The van der Waals surface area contributed by atoms with Gasteiger partial charge in [0, 0.05) is 18.2 Å². The highest BCUT2D eigenvalue weighted by Crippen LogP contribution is 2.15. The van der Waals surface area contributed by atoms with Gasteiger partial charge < -0.3 is 15.2 Å². The summed E-state index contributed by atoms with van der Waals surface area (Å²) >= 11 is 0. The van der Waals surface area contributed by atoms with Crippen molar-refractivity contribution in [2.45, 2.75) is 44.7 Å². The van der Waals surface area contributed by atoms with Crippen LogP contribution in [0.1, 0.15) is 33.1 Å². The van der Waals surface area contributed by atoms with E-state index < -0.39 is 0 Å². The molecule has 1 aliphatic heterocycles. The van der Waals surface area contributed by atoms with Crippen LogP contribution in [0.2, 0.25) is 0 Å². The number of nitrogens with one attached hydrogen (secondary N) is 1. The van der Waals surface area contributed by atoms with Gasteiger partial charge in [-0.25, -0.2) is 0 Å². The first-order valence-electron chi connectivity index (χ1n) is 5.16. The fourth-order valence-electron chi connectivity index (χ4n) is 1.89. The van der Waals surface area contributed by atoms with E-state index in [0.29, 0.717) is 6.04 Å². The largest absolute Gasteiger partial charge is 0.394 e. The van der Waals surface area contributed by atoms with E-state index in [-0.39, 0.29) is 12.1 Å². The normalized spacial score (nSPS) is 27.5. The van der Waals surface area contributed by atoms with Crippen LogP contribution in [-0.2, 0) is 4.74 Å². The van der Waals surface area contributed by atoms with Gasteiger partial charge in [-0.05, 0) is 19.8 Å². The Morgan fingerprint density at radius 3 is 2.85 bits per heavy atom. The van der Waals surface area contributed by atoms with E-state index in [1.807, 2.05) is 0 Å². The van der Waals surface area contributed by atoms with Gasteiger partial charge >= 0.3 is 0 Å². The van der Waals surface area contributed by atoms with Gasteiger partial charge in [0.25, 0.3) is 0 Å². The van der Waals surface area contributed by atoms with Crippen LogP contribution in [-0.4, -0.2) is 36.5 Å². The third-order valence-corrected chi connectivity index (χ3v) is 2.63. The summed E-state index contributed by atoms with van der Waals surface area (Å²) < 4.78 is 5.28. The smallest absolute Gasteiger partial charge is 0.0620 e. The third-order valence-electron chi connectivity index (χ3n) is 2.63. The predicted octanol–water partition coefficient (Wildman–Crippen LogP) is 0.916. The van der Waals surface area contributed by atoms with Crippen LogP contribution in [0, 0.1) is 0 Å². The van der Waals surface area contributed by atoms with Gasteiger partial charge in [0.05, 0.1) is 13.2 Å². The van der Waals surface area contributed by atoms with Gasteiger partial charge in [-0.3, -0.25) is 0 Å². The highest BCUT2D eigenvalue weighted by molar-refractivity contribution is 4.87. The lowest BCUT2D eigenvalue weighted by molar-refractivity contribution is 0.139. The average molecular weight is 187 g/mol. The van der Waals surface area contributed by atoms with E-state index in [2.05, 4.69) is 19.2 Å². The molecule has 1 rings (SSSR count). The Bertz CT molecular complexity index is 146. The first kappa shape index (κ1) is 11.0. The molecule has 2 N–H and O–H groups in total. The van der Waals surface area contributed by atoms with E-state index in [1.54, 1.807) is 0 Å². The molecular weight excluding hydrogens is 166 g/mol. The summed E-state index contributed by atoms with van der Waals surface area (Å²) in [7, 11) is 0. The lowest BCUT2D eigenvalue weighted by Crippen LogP contribution is -2.51. The summed E-state index contributed by atoms with van der Waals surface area (Å²) in [5, 5.41) is 12.7. The molecule has 1 fully saturated rings. The Morgan fingerprint density at radius 1 is 1.62 bits per heavy atom. The molecule has 2 atom stereocenters. The van der Waals surface area contributed by atoms with Crippen molar-refractivity contribution in [2.24, 2.45) is 0 Å². The van der Waals surface area contributed by atoms with E-state index >= 15 is 0 Å². The Labute approximate surface area is 80.5 Å². The molecule has 1 saturated heterocycles. The van der Waals surface area contributed by atoms with E-state index in [4.69, 9.17) is 4.74 Å². The molecule has 2 unspecified atom stereocenters. The quantitative estimate of drug-likeness (QED) is 0.672. The zero-order valence-corrected chi connectivity index (χ0v) is 8.68. The summed E-state index contributed by atoms with van der Waals surface area (Å²) in [6, 6.07) is 0.434. The van der Waals surface area contributed by atoms with E-state index in [9.17, 15) is 5.11 Å². The van der Waals surface area contributed by atoms with Gasteiger partial charge in [0.2, 0.25) is 0 Å². The van der Waals surface area contributed by atoms with Crippen molar-refractivity contribution in [3.63, 3.8) is 0 Å². The molecule has 0 radical (unpaired) electrons. The summed E-state index contributed by atoms with van der Waals surface area (Å²) in [4.78, 5) is 0. The summed E-state index contributed by atoms with van der Waals surface area (Å²) in [6.07, 6.45) is 3.18. The lowest BCUT2D eigenvalue weighted by atomic mass is 9.96. The zero-order valence-electron chi connectivity index (χ0n) is 8.68. The van der Waals surface area contributed by atoms with Crippen molar-refractivity contribution < 1.29 is 9.84 Å². The standard InChI is InChI=1S/C10H21NO2/c1-3-5-10(2,8-12)11-9-4-6-13-7-9/h9,11-12H,3-8H2,1-2H3. The fraction of sp³-hybridized carbons (Fsp3) is 1.00. The van der Waals surface area contributed by atoms with Crippen molar-refractivity contribution in [3.05, 3.63) is 0 Å². The summed E-state index contributed by atoms with van der Waals surface area (Å²) in [5.41, 5.74) is -0.118. The average Bonchev–Trinajstić information content (AvgIpc) is 2.57. The topological polar surface area (TPSA) is 41.5 Å². The molecule has 3 nitrogen and oxygen atoms in total. The minimum Gasteiger partial charge on any atom is -0.394 e. The first-order valence-corrected chi connectivity index (χ1v) is 5.16. The molecule has 13 heavy (non-hydrogen) atoms. The van der Waals surface area contributed by atoms with Crippen molar-refractivity contribution in [3.8, 4) is 0 Å². The van der Waals surface area contributed by atoms with Gasteiger partial charge in [-0.1, -0.05) is 13.3 Å².